The predicted octanol–water partition coefficient (Wildman–Crippen LogP) is -0.0587. The smallest absolute Gasteiger partial charge is 0.326 e. The second-order valence-corrected chi connectivity index (χ2v) is 5.71. The Morgan fingerprint density at radius 1 is 1.33 bits per heavy atom. The number of carbonyl (C=O) groups excluding carboxylic acids is 1. The molecule has 1 heterocycles. The van der Waals surface area contributed by atoms with Crippen LogP contribution in [0.2, 0.25) is 0 Å². The highest BCUT2D eigenvalue weighted by Crippen LogP contribution is 2.29. The number of ether oxygens (including phenoxy) is 1. The Balaban J connectivity index is 1.82. The maximum atomic E-state index is 12.4. The van der Waals surface area contributed by atoms with Gasteiger partial charge in [-0.15, -0.1) is 0 Å². The van der Waals surface area contributed by atoms with Crippen LogP contribution in [0.1, 0.15) is 28.0 Å². The first-order valence-corrected chi connectivity index (χ1v) is 7.57. The van der Waals surface area contributed by atoms with Gasteiger partial charge in [-0.3, -0.25) is 14.6 Å². The number of amides is 1. The number of hydrogen-bond acceptors (Lipinski definition) is 5. The molecule has 1 aromatic heterocycles. The van der Waals surface area contributed by atoms with E-state index in [9.17, 15) is 14.4 Å². The molecule has 1 aliphatic rings. The zero-order valence-electron chi connectivity index (χ0n) is 13.1. The van der Waals surface area contributed by atoms with Crippen LogP contribution in [0.3, 0.4) is 0 Å². The van der Waals surface area contributed by atoms with Gasteiger partial charge in [-0.05, 0) is 36.5 Å². The van der Waals surface area contributed by atoms with E-state index in [1.54, 1.807) is 7.11 Å². The van der Waals surface area contributed by atoms with E-state index in [1.165, 1.54) is 5.56 Å². The number of nitrogens with two attached hydrogens (primary N) is 1. The SMILES string of the molecule is COc1cccc2c1CC(NC(=O)c1[nH]c(=O)[nH]c(=O)c1N)CC2. The molecule has 8 heteroatoms. The molecule has 1 atom stereocenters. The Morgan fingerprint density at radius 2 is 2.12 bits per heavy atom. The summed E-state index contributed by atoms with van der Waals surface area (Å²) in [6.45, 7) is 0. The number of aryl methyl sites for hydroxylation is 1. The number of H-pyrrole nitrogens is 2. The molecule has 0 saturated carbocycles. The summed E-state index contributed by atoms with van der Waals surface area (Å²) >= 11 is 0. The van der Waals surface area contributed by atoms with E-state index in [2.05, 4.69) is 10.3 Å². The third kappa shape index (κ3) is 2.90. The molecule has 0 aliphatic heterocycles. The monoisotopic (exact) mass is 330 g/mol. The van der Waals surface area contributed by atoms with E-state index < -0.39 is 17.2 Å². The van der Waals surface area contributed by atoms with Gasteiger partial charge >= 0.3 is 5.69 Å². The average Bonchev–Trinajstić information content (AvgIpc) is 2.57. The standard InChI is InChI=1S/C16H18N4O4/c1-24-11-4-2-3-8-5-6-9(7-10(8)11)18-15(22)13-12(17)14(21)20-16(23)19-13/h2-4,9H,5-7,17H2,1H3,(H,18,22)(H2,19,20,21,23). The Morgan fingerprint density at radius 3 is 2.88 bits per heavy atom. The summed E-state index contributed by atoms with van der Waals surface area (Å²) in [6.07, 6.45) is 2.16. The van der Waals surface area contributed by atoms with Crippen LogP contribution in [-0.2, 0) is 12.8 Å². The van der Waals surface area contributed by atoms with Gasteiger partial charge in [0.25, 0.3) is 11.5 Å². The van der Waals surface area contributed by atoms with Crippen molar-refractivity contribution < 1.29 is 9.53 Å². The maximum Gasteiger partial charge on any atom is 0.326 e. The number of hydrogen-bond donors (Lipinski definition) is 4. The van der Waals surface area contributed by atoms with Gasteiger partial charge in [0.05, 0.1) is 7.11 Å². The normalized spacial score (nSPS) is 16.3. The molecule has 24 heavy (non-hydrogen) atoms. The van der Waals surface area contributed by atoms with E-state index in [0.717, 1.165) is 24.2 Å². The quantitative estimate of drug-likeness (QED) is 0.626. The fraction of sp³-hybridized carbons (Fsp3) is 0.312. The highest BCUT2D eigenvalue weighted by molar-refractivity contribution is 5.97. The van der Waals surface area contributed by atoms with Crippen LogP contribution in [0.5, 0.6) is 5.75 Å². The minimum absolute atomic E-state index is 0.136. The molecule has 2 aromatic rings. The third-order valence-corrected chi connectivity index (χ3v) is 4.20. The summed E-state index contributed by atoms with van der Waals surface area (Å²) in [5, 5.41) is 2.83. The lowest BCUT2D eigenvalue weighted by Crippen LogP contribution is -2.41. The van der Waals surface area contributed by atoms with Crippen molar-refractivity contribution in [3.05, 3.63) is 55.9 Å². The molecule has 8 nitrogen and oxygen atoms in total. The van der Waals surface area contributed by atoms with E-state index in [4.69, 9.17) is 10.5 Å². The second kappa shape index (κ2) is 6.23. The lowest BCUT2D eigenvalue weighted by Gasteiger charge is -2.26. The summed E-state index contributed by atoms with van der Waals surface area (Å²) < 4.78 is 5.38. The molecule has 0 bridgehead atoms. The Labute approximate surface area is 137 Å². The Bertz CT molecular complexity index is 885. The van der Waals surface area contributed by atoms with Gasteiger partial charge in [-0.25, -0.2) is 4.79 Å². The number of aromatic nitrogens is 2. The Hall–Kier alpha value is -3.03. The molecule has 0 saturated heterocycles. The minimum atomic E-state index is -0.778. The van der Waals surface area contributed by atoms with Gasteiger partial charge in [0.2, 0.25) is 0 Å². The van der Waals surface area contributed by atoms with E-state index in [-0.39, 0.29) is 17.4 Å². The number of aromatic amines is 2. The van der Waals surface area contributed by atoms with Gasteiger partial charge < -0.3 is 20.8 Å². The number of carbonyl (C=O) groups is 1. The topological polar surface area (TPSA) is 130 Å². The van der Waals surface area contributed by atoms with Crippen LogP contribution in [0.4, 0.5) is 5.69 Å². The van der Waals surface area contributed by atoms with E-state index in [1.807, 2.05) is 23.2 Å². The first kappa shape index (κ1) is 15.9. The molecule has 0 fully saturated rings. The number of anilines is 1. The lowest BCUT2D eigenvalue weighted by atomic mass is 9.87. The van der Waals surface area contributed by atoms with Gasteiger partial charge in [-0.1, -0.05) is 12.1 Å². The van der Waals surface area contributed by atoms with Gasteiger partial charge in [0, 0.05) is 6.04 Å². The lowest BCUT2D eigenvalue weighted by molar-refractivity contribution is 0.0928. The molecular weight excluding hydrogens is 312 g/mol. The molecule has 0 spiro atoms. The molecule has 1 aliphatic carbocycles. The van der Waals surface area contributed by atoms with E-state index in [0.29, 0.717) is 6.42 Å². The number of fused-ring (bicyclic) bond motifs is 1. The third-order valence-electron chi connectivity index (χ3n) is 4.20. The molecule has 3 rings (SSSR count). The summed E-state index contributed by atoms with van der Waals surface area (Å²) in [7, 11) is 1.61. The zero-order chi connectivity index (χ0) is 17.3. The first-order chi connectivity index (χ1) is 11.5. The number of nitrogen functional groups attached to an aromatic ring is 1. The van der Waals surface area contributed by atoms with Crippen molar-refractivity contribution in [2.24, 2.45) is 0 Å². The molecule has 1 amide bonds. The van der Waals surface area contributed by atoms with Crippen LogP contribution in [0.25, 0.3) is 0 Å². The van der Waals surface area contributed by atoms with Crippen molar-refractivity contribution in [2.45, 2.75) is 25.3 Å². The van der Waals surface area contributed by atoms with Crippen molar-refractivity contribution in [3.8, 4) is 5.75 Å². The van der Waals surface area contributed by atoms with Crippen molar-refractivity contribution in [3.63, 3.8) is 0 Å². The van der Waals surface area contributed by atoms with Crippen LogP contribution in [0.15, 0.2) is 27.8 Å². The molecule has 126 valence electrons. The van der Waals surface area contributed by atoms with Crippen LogP contribution in [-0.4, -0.2) is 29.0 Å². The van der Waals surface area contributed by atoms with Crippen molar-refractivity contribution in [1.82, 2.24) is 15.3 Å². The van der Waals surface area contributed by atoms with Crippen LogP contribution >= 0.6 is 0 Å². The van der Waals surface area contributed by atoms with Crippen LogP contribution < -0.4 is 27.0 Å². The molecule has 0 radical (unpaired) electrons. The molecule has 1 unspecified atom stereocenters. The van der Waals surface area contributed by atoms with Gasteiger partial charge in [-0.2, -0.15) is 0 Å². The number of nitrogens with one attached hydrogen (secondary N) is 3. The Kier molecular flexibility index (Phi) is 4.11. The van der Waals surface area contributed by atoms with Crippen molar-refractivity contribution in [2.75, 3.05) is 12.8 Å². The molecule has 5 N–H and O–H groups in total. The molecular formula is C16H18N4O4. The summed E-state index contributed by atoms with van der Waals surface area (Å²) in [5.74, 6) is 0.217. The first-order valence-electron chi connectivity index (χ1n) is 7.57. The van der Waals surface area contributed by atoms with Crippen molar-refractivity contribution >= 4 is 11.6 Å². The van der Waals surface area contributed by atoms with Gasteiger partial charge in [0.1, 0.15) is 17.1 Å². The largest absolute Gasteiger partial charge is 0.496 e. The van der Waals surface area contributed by atoms with Crippen molar-refractivity contribution in [1.29, 1.82) is 0 Å². The molecule has 1 aromatic carbocycles. The average molecular weight is 330 g/mol. The number of rotatable bonds is 3. The minimum Gasteiger partial charge on any atom is -0.496 e. The van der Waals surface area contributed by atoms with E-state index >= 15 is 0 Å². The fourth-order valence-corrected chi connectivity index (χ4v) is 3.00. The summed E-state index contributed by atoms with van der Waals surface area (Å²) in [5.41, 5.74) is 5.78. The van der Waals surface area contributed by atoms with Gasteiger partial charge in [0.15, 0.2) is 0 Å². The number of methoxy groups -OCH3 is 1. The summed E-state index contributed by atoms with van der Waals surface area (Å²) in [6, 6.07) is 5.73. The zero-order valence-corrected chi connectivity index (χ0v) is 13.1. The predicted molar refractivity (Wildman–Crippen MR) is 88.4 cm³/mol. The number of benzene rings is 1. The summed E-state index contributed by atoms with van der Waals surface area (Å²) in [4.78, 5) is 39.5. The maximum absolute atomic E-state index is 12.4. The highest BCUT2D eigenvalue weighted by atomic mass is 16.5. The second-order valence-electron chi connectivity index (χ2n) is 5.71. The highest BCUT2D eigenvalue weighted by Gasteiger charge is 2.24. The fourth-order valence-electron chi connectivity index (χ4n) is 3.00. The van der Waals surface area contributed by atoms with Crippen LogP contribution in [0, 0.1) is 0 Å².